The number of hydrogen-bond donors (Lipinski definition) is 1. The molecule has 0 aliphatic carbocycles. The van der Waals surface area contributed by atoms with Crippen LogP contribution in [0.25, 0.3) is 0 Å². The first-order valence-corrected chi connectivity index (χ1v) is 12.4. The van der Waals surface area contributed by atoms with Crippen LogP contribution in [0, 0.1) is 0 Å². The number of carbonyl (C=O) groups excluding carboxylic acids is 1. The normalized spacial score (nSPS) is 12.7. The molecule has 0 aliphatic rings. The average molecular weight is 410 g/mol. The zero-order valence-corrected chi connectivity index (χ0v) is 20.2. The lowest BCUT2D eigenvalue weighted by molar-refractivity contribution is -0.147. The Kier molecular flexibility index (Phi) is 17.5. The third-order valence-corrected chi connectivity index (χ3v) is 5.75. The predicted molar refractivity (Wildman–Crippen MR) is 127 cm³/mol. The molecule has 0 spiro atoms. The van der Waals surface area contributed by atoms with Gasteiger partial charge in [-0.15, -0.1) is 0 Å². The first-order valence-electron chi connectivity index (χ1n) is 12.4. The minimum absolute atomic E-state index is 0.238. The summed E-state index contributed by atoms with van der Waals surface area (Å²) in [4.78, 5) is 11.8. The molecule has 0 aliphatic heterocycles. The molecule has 172 valence electrons. The summed E-state index contributed by atoms with van der Waals surface area (Å²) in [5.74, 6) is -0.329. The van der Waals surface area contributed by atoms with E-state index >= 15 is 0 Å². The number of rotatable bonds is 20. The number of hydrogen-bond acceptors (Lipinski definition) is 3. The van der Waals surface area contributed by atoms with Crippen LogP contribution in [0.2, 0.25) is 0 Å². The molecule has 2 N–H and O–H groups in total. The highest BCUT2D eigenvalue weighted by atomic mass is 16.5. The van der Waals surface area contributed by atoms with Crippen molar-refractivity contribution in [3.63, 3.8) is 0 Å². The molecule has 0 aromatic carbocycles. The minimum atomic E-state index is -0.513. The Balaban J connectivity index is 3.53. The second kappa shape index (κ2) is 18.0. The largest absolute Gasteiger partial charge is 0.457 e. The van der Waals surface area contributed by atoms with Crippen LogP contribution in [-0.4, -0.2) is 17.6 Å². The fourth-order valence-corrected chi connectivity index (χ4v) is 3.69. The summed E-state index contributed by atoms with van der Waals surface area (Å²) in [5.41, 5.74) is 6.11. The number of nitrogens with two attached hydrogens (primary N) is 1. The summed E-state index contributed by atoms with van der Waals surface area (Å²) >= 11 is 0. The highest BCUT2D eigenvalue weighted by Crippen LogP contribution is 2.20. The molecule has 0 rings (SSSR count). The Morgan fingerprint density at radius 2 is 1.14 bits per heavy atom. The van der Waals surface area contributed by atoms with Gasteiger partial charge in [0.2, 0.25) is 0 Å². The van der Waals surface area contributed by atoms with Crippen molar-refractivity contribution in [3.05, 3.63) is 12.2 Å². The summed E-state index contributed by atoms with van der Waals surface area (Å²) in [6.45, 7) is 11.5. The van der Waals surface area contributed by atoms with Gasteiger partial charge in [0.15, 0.2) is 0 Å². The van der Waals surface area contributed by atoms with E-state index in [0.29, 0.717) is 5.57 Å². The third kappa shape index (κ3) is 17.7. The monoisotopic (exact) mass is 409 g/mol. The van der Waals surface area contributed by atoms with Crippen LogP contribution in [0.5, 0.6) is 0 Å². The predicted octanol–water partition coefficient (Wildman–Crippen LogP) is 7.86. The molecule has 1 unspecified atom stereocenters. The lowest BCUT2D eigenvalue weighted by Gasteiger charge is -2.30. The van der Waals surface area contributed by atoms with Gasteiger partial charge in [0.05, 0.1) is 0 Å². The van der Waals surface area contributed by atoms with Gasteiger partial charge in [0, 0.05) is 11.1 Å². The molecular weight excluding hydrogens is 358 g/mol. The highest BCUT2D eigenvalue weighted by molar-refractivity contribution is 5.87. The van der Waals surface area contributed by atoms with Gasteiger partial charge in [-0.3, -0.25) is 0 Å². The minimum Gasteiger partial charge on any atom is -0.457 e. The molecule has 0 bridgehead atoms. The van der Waals surface area contributed by atoms with Gasteiger partial charge in [-0.1, -0.05) is 110 Å². The molecule has 3 heteroatoms. The highest BCUT2D eigenvalue weighted by Gasteiger charge is 2.28. The molecular formula is C26H51NO2. The lowest BCUT2D eigenvalue weighted by atomic mass is 9.93. The van der Waals surface area contributed by atoms with E-state index in [4.69, 9.17) is 10.5 Å². The van der Waals surface area contributed by atoms with Crippen LogP contribution in [0.1, 0.15) is 137 Å². The van der Waals surface area contributed by atoms with Crippen LogP contribution in [-0.2, 0) is 9.53 Å². The maximum absolute atomic E-state index is 11.8. The zero-order chi connectivity index (χ0) is 22.0. The first-order chi connectivity index (χ1) is 13.8. The molecule has 0 saturated carbocycles. The molecule has 29 heavy (non-hydrogen) atoms. The summed E-state index contributed by atoms with van der Waals surface area (Å²) < 4.78 is 5.54. The Bertz CT molecular complexity index is 411. The van der Waals surface area contributed by atoms with Crippen LogP contribution < -0.4 is 5.73 Å². The van der Waals surface area contributed by atoms with Crippen molar-refractivity contribution in [1.82, 2.24) is 0 Å². The molecule has 0 heterocycles. The number of carbonyl (C=O) groups is 1. The van der Waals surface area contributed by atoms with Gasteiger partial charge in [0.1, 0.15) is 6.10 Å². The van der Waals surface area contributed by atoms with Crippen molar-refractivity contribution in [3.8, 4) is 0 Å². The van der Waals surface area contributed by atoms with Gasteiger partial charge in [-0.25, -0.2) is 4.79 Å². The van der Waals surface area contributed by atoms with Crippen LogP contribution in [0.4, 0.5) is 0 Å². The molecule has 0 aromatic heterocycles. The standard InChI is InChI=1S/C26H51NO2/c1-6-7-8-9-10-11-12-13-14-15-16-17-18-19-20-21-22-24(26(4,5)27)29-25(28)23(2)3/h24H,2,6-22,27H2,1,3-5H3. The SMILES string of the molecule is C=C(C)C(=O)OC(CCCCCCCCCCCCCCCCCC)C(C)(C)N. The third-order valence-electron chi connectivity index (χ3n) is 5.75. The molecule has 3 nitrogen and oxygen atoms in total. The van der Waals surface area contributed by atoms with E-state index in [0.717, 1.165) is 12.8 Å². The lowest BCUT2D eigenvalue weighted by Crippen LogP contribution is -2.47. The Morgan fingerprint density at radius 1 is 0.793 bits per heavy atom. The fraction of sp³-hybridized carbons (Fsp3) is 0.885. The quantitative estimate of drug-likeness (QED) is 0.126. The van der Waals surface area contributed by atoms with E-state index in [2.05, 4.69) is 13.5 Å². The molecule has 0 aromatic rings. The summed E-state index contributed by atoms with van der Waals surface area (Å²) in [7, 11) is 0. The second-order valence-electron chi connectivity index (χ2n) is 9.59. The summed E-state index contributed by atoms with van der Waals surface area (Å²) in [6, 6.07) is 0. The maximum Gasteiger partial charge on any atom is 0.333 e. The van der Waals surface area contributed by atoms with E-state index in [1.807, 2.05) is 13.8 Å². The van der Waals surface area contributed by atoms with Gasteiger partial charge >= 0.3 is 5.97 Å². The van der Waals surface area contributed by atoms with Gasteiger partial charge in [-0.05, 0) is 33.6 Å². The molecule has 1 atom stereocenters. The van der Waals surface area contributed by atoms with Crippen molar-refractivity contribution < 1.29 is 9.53 Å². The zero-order valence-electron chi connectivity index (χ0n) is 20.2. The molecule has 0 amide bonds. The van der Waals surface area contributed by atoms with Crippen molar-refractivity contribution in [2.24, 2.45) is 5.73 Å². The van der Waals surface area contributed by atoms with Gasteiger partial charge in [-0.2, -0.15) is 0 Å². The smallest absolute Gasteiger partial charge is 0.333 e. The van der Waals surface area contributed by atoms with E-state index in [9.17, 15) is 4.79 Å². The molecule has 0 fully saturated rings. The Labute approximate surface area is 182 Å². The summed E-state index contributed by atoms with van der Waals surface area (Å²) in [5, 5.41) is 0. The number of esters is 1. The van der Waals surface area contributed by atoms with E-state index in [1.54, 1.807) is 6.92 Å². The van der Waals surface area contributed by atoms with Crippen LogP contribution >= 0.6 is 0 Å². The first kappa shape index (κ1) is 28.2. The number of unbranched alkanes of at least 4 members (excludes halogenated alkanes) is 15. The van der Waals surface area contributed by atoms with Crippen molar-refractivity contribution in [2.45, 2.75) is 148 Å². The molecule has 0 radical (unpaired) electrons. The molecule has 0 saturated heterocycles. The topological polar surface area (TPSA) is 52.3 Å². The maximum atomic E-state index is 11.8. The van der Waals surface area contributed by atoms with Crippen LogP contribution in [0.3, 0.4) is 0 Å². The van der Waals surface area contributed by atoms with E-state index in [1.165, 1.54) is 96.3 Å². The Hall–Kier alpha value is -0.830. The fourth-order valence-electron chi connectivity index (χ4n) is 3.69. The summed E-state index contributed by atoms with van der Waals surface area (Å²) in [6.07, 6.45) is 22.3. The van der Waals surface area contributed by atoms with Gasteiger partial charge < -0.3 is 10.5 Å². The average Bonchev–Trinajstić information content (AvgIpc) is 2.65. The van der Waals surface area contributed by atoms with Crippen LogP contribution in [0.15, 0.2) is 12.2 Å². The second-order valence-corrected chi connectivity index (χ2v) is 9.59. The number of ether oxygens (including phenoxy) is 1. The van der Waals surface area contributed by atoms with Gasteiger partial charge in [0.25, 0.3) is 0 Å². The van der Waals surface area contributed by atoms with Crippen molar-refractivity contribution >= 4 is 5.97 Å². The van der Waals surface area contributed by atoms with E-state index < -0.39 is 5.54 Å². The van der Waals surface area contributed by atoms with Crippen molar-refractivity contribution in [2.75, 3.05) is 0 Å². The van der Waals surface area contributed by atoms with E-state index in [-0.39, 0.29) is 12.1 Å². The van der Waals surface area contributed by atoms with Crippen molar-refractivity contribution in [1.29, 1.82) is 0 Å². The Morgan fingerprint density at radius 3 is 1.45 bits per heavy atom.